The van der Waals surface area contributed by atoms with E-state index in [1.165, 1.54) is 37.9 Å². The van der Waals surface area contributed by atoms with Gasteiger partial charge in [0.05, 0.1) is 6.07 Å². The maximum absolute atomic E-state index is 8.29. The van der Waals surface area contributed by atoms with Crippen LogP contribution in [0.4, 0.5) is 0 Å². The van der Waals surface area contributed by atoms with Crippen LogP contribution in [0.25, 0.3) is 0 Å². The van der Waals surface area contributed by atoms with Gasteiger partial charge in [-0.25, -0.2) is 0 Å². The minimum absolute atomic E-state index is 0.741. The summed E-state index contributed by atoms with van der Waals surface area (Å²) in [6.07, 6.45) is 10.6. The summed E-state index contributed by atoms with van der Waals surface area (Å²) < 4.78 is 0. The standard InChI is InChI=1S/C10H19NS/c1-12-10-8-6-4-2-3-5-7-9-11/h2-8,10H2,1H3. The van der Waals surface area contributed by atoms with E-state index in [1.807, 2.05) is 11.8 Å². The first-order chi connectivity index (χ1) is 5.91. The van der Waals surface area contributed by atoms with Gasteiger partial charge in [0, 0.05) is 6.42 Å². The maximum Gasteiger partial charge on any atom is 0.0621 e. The zero-order valence-electron chi connectivity index (χ0n) is 8.01. The molecule has 0 aliphatic rings. The van der Waals surface area contributed by atoms with Crippen LogP contribution in [-0.4, -0.2) is 12.0 Å². The number of hydrogen-bond acceptors (Lipinski definition) is 2. The first-order valence-corrected chi connectivity index (χ1v) is 6.17. The van der Waals surface area contributed by atoms with Gasteiger partial charge in [-0.15, -0.1) is 0 Å². The molecule has 0 heterocycles. The summed E-state index contributed by atoms with van der Waals surface area (Å²) in [5, 5.41) is 8.29. The number of hydrogen-bond donors (Lipinski definition) is 0. The van der Waals surface area contributed by atoms with Gasteiger partial charge >= 0.3 is 0 Å². The van der Waals surface area contributed by atoms with E-state index in [4.69, 9.17) is 5.26 Å². The molecular formula is C10H19NS. The molecule has 0 aromatic rings. The molecule has 70 valence electrons. The molecule has 0 saturated heterocycles. The molecule has 0 atom stereocenters. The highest BCUT2D eigenvalue weighted by molar-refractivity contribution is 7.98. The van der Waals surface area contributed by atoms with Gasteiger partial charge in [0.2, 0.25) is 0 Å². The molecule has 0 rings (SSSR count). The van der Waals surface area contributed by atoms with Crippen molar-refractivity contribution in [2.24, 2.45) is 0 Å². The first kappa shape index (κ1) is 11.8. The lowest BCUT2D eigenvalue weighted by Gasteiger charge is -1.98. The smallest absolute Gasteiger partial charge is 0.0621 e. The first-order valence-electron chi connectivity index (χ1n) is 4.77. The van der Waals surface area contributed by atoms with Crippen LogP contribution in [0.15, 0.2) is 0 Å². The lowest BCUT2D eigenvalue weighted by atomic mass is 10.1. The van der Waals surface area contributed by atoms with E-state index in [0.717, 1.165) is 12.8 Å². The fourth-order valence-electron chi connectivity index (χ4n) is 1.16. The molecule has 0 aromatic heterocycles. The van der Waals surface area contributed by atoms with Crippen LogP contribution in [0.3, 0.4) is 0 Å². The normalized spacial score (nSPS) is 9.67. The maximum atomic E-state index is 8.29. The highest BCUT2D eigenvalue weighted by Gasteiger charge is 1.90. The predicted octanol–water partition coefficient (Wildman–Crippen LogP) is 3.60. The largest absolute Gasteiger partial charge is 0.198 e. The second-order valence-electron chi connectivity index (χ2n) is 3.02. The summed E-state index contributed by atoms with van der Waals surface area (Å²) in [4.78, 5) is 0. The molecule has 1 nitrogen and oxygen atoms in total. The van der Waals surface area contributed by atoms with Crippen molar-refractivity contribution in [1.82, 2.24) is 0 Å². The van der Waals surface area contributed by atoms with E-state index >= 15 is 0 Å². The Morgan fingerprint density at radius 1 is 1.00 bits per heavy atom. The quantitative estimate of drug-likeness (QED) is 0.539. The lowest BCUT2D eigenvalue weighted by molar-refractivity contribution is 0.615. The second-order valence-corrected chi connectivity index (χ2v) is 4.01. The highest BCUT2D eigenvalue weighted by atomic mass is 32.2. The van der Waals surface area contributed by atoms with Gasteiger partial charge in [-0.3, -0.25) is 0 Å². The van der Waals surface area contributed by atoms with E-state index in [1.54, 1.807) is 0 Å². The van der Waals surface area contributed by atoms with Crippen LogP contribution in [0.1, 0.15) is 44.9 Å². The molecule has 0 aliphatic carbocycles. The zero-order chi connectivity index (χ0) is 9.07. The molecule has 0 bridgehead atoms. The van der Waals surface area contributed by atoms with Crippen molar-refractivity contribution in [1.29, 1.82) is 5.26 Å². The van der Waals surface area contributed by atoms with Crippen LogP contribution < -0.4 is 0 Å². The van der Waals surface area contributed by atoms with Crippen LogP contribution in [0.2, 0.25) is 0 Å². The van der Waals surface area contributed by atoms with Gasteiger partial charge in [0.1, 0.15) is 0 Å². The van der Waals surface area contributed by atoms with Crippen LogP contribution >= 0.6 is 11.8 Å². The van der Waals surface area contributed by atoms with Gasteiger partial charge in [-0.1, -0.05) is 25.7 Å². The van der Waals surface area contributed by atoms with Crippen molar-refractivity contribution in [3.63, 3.8) is 0 Å². The monoisotopic (exact) mass is 185 g/mol. The Balaban J connectivity index is 2.78. The molecule has 0 radical (unpaired) electrons. The Labute approximate surface area is 80.5 Å². The van der Waals surface area contributed by atoms with Crippen molar-refractivity contribution >= 4 is 11.8 Å². The topological polar surface area (TPSA) is 23.8 Å². The lowest BCUT2D eigenvalue weighted by Crippen LogP contribution is -1.81. The summed E-state index contributed by atoms with van der Waals surface area (Å²) in [5.74, 6) is 1.30. The minimum Gasteiger partial charge on any atom is -0.198 e. The van der Waals surface area contributed by atoms with E-state index in [-0.39, 0.29) is 0 Å². The van der Waals surface area contributed by atoms with Crippen LogP contribution in [0.5, 0.6) is 0 Å². The summed E-state index contributed by atoms with van der Waals surface area (Å²) in [6, 6.07) is 2.18. The Hall–Kier alpha value is -0.160. The number of nitrogens with zero attached hydrogens (tertiary/aromatic N) is 1. The predicted molar refractivity (Wildman–Crippen MR) is 56.3 cm³/mol. The molecule has 0 aliphatic heterocycles. The summed E-state index contributed by atoms with van der Waals surface area (Å²) in [6.45, 7) is 0. The summed E-state index contributed by atoms with van der Waals surface area (Å²) in [5.41, 5.74) is 0. The molecule has 0 N–H and O–H groups in total. The third kappa shape index (κ3) is 9.84. The fraction of sp³-hybridized carbons (Fsp3) is 0.900. The van der Waals surface area contributed by atoms with Crippen molar-refractivity contribution in [2.75, 3.05) is 12.0 Å². The number of rotatable bonds is 8. The average molecular weight is 185 g/mol. The molecule has 0 aromatic carbocycles. The molecule has 12 heavy (non-hydrogen) atoms. The van der Waals surface area contributed by atoms with Gasteiger partial charge in [-0.2, -0.15) is 17.0 Å². The third-order valence-electron chi connectivity index (χ3n) is 1.89. The van der Waals surface area contributed by atoms with Gasteiger partial charge < -0.3 is 0 Å². The van der Waals surface area contributed by atoms with Crippen LogP contribution in [-0.2, 0) is 0 Å². The van der Waals surface area contributed by atoms with E-state index in [0.29, 0.717) is 0 Å². The molecule has 0 amide bonds. The van der Waals surface area contributed by atoms with E-state index < -0.39 is 0 Å². The van der Waals surface area contributed by atoms with Crippen molar-refractivity contribution in [3.8, 4) is 6.07 Å². The number of unbranched alkanes of at least 4 members (excludes halogenated alkanes) is 6. The number of thioether (sulfide) groups is 1. The SMILES string of the molecule is CSCCCCCCCCC#N. The van der Waals surface area contributed by atoms with Crippen LogP contribution in [0, 0.1) is 11.3 Å². The molecule has 0 fully saturated rings. The van der Waals surface area contributed by atoms with E-state index in [2.05, 4.69) is 12.3 Å². The summed E-state index contributed by atoms with van der Waals surface area (Å²) >= 11 is 1.93. The molecular weight excluding hydrogens is 166 g/mol. The fourth-order valence-corrected chi connectivity index (χ4v) is 1.65. The van der Waals surface area contributed by atoms with Gasteiger partial charge in [-0.05, 0) is 24.9 Å². The Morgan fingerprint density at radius 2 is 1.58 bits per heavy atom. The molecule has 0 spiro atoms. The highest BCUT2D eigenvalue weighted by Crippen LogP contribution is 2.08. The molecule has 0 saturated carbocycles. The average Bonchev–Trinajstić information content (AvgIpc) is 2.10. The van der Waals surface area contributed by atoms with Crippen molar-refractivity contribution < 1.29 is 0 Å². The van der Waals surface area contributed by atoms with Gasteiger partial charge in [0.15, 0.2) is 0 Å². The van der Waals surface area contributed by atoms with Gasteiger partial charge in [0.25, 0.3) is 0 Å². The Morgan fingerprint density at radius 3 is 2.17 bits per heavy atom. The molecule has 0 unspecified atom stereocenters. The minimum atomic E-state index is 0.741. The Bertz CT molecular complexity index is 117. The second kappa shape index (κ2) is 10.8. The summed E-state index contributed by atoms with van der Waals surface area (Å²) in [7, 11) is 0. The number of nitriles is 1. The van der Waals surface area contributed by atoms with E-state index in [9.17, 15) is 0 Å². The molecule has 2 heteroatoms. The third-order valence-corrected chi connectivity index (χ3v) is 2.58. The van der Waals surface area contributed by atoms with Crippen molar-refractivity contribution in [3.05, 3.63) is 0 Å². The zero-order valence-corrected chi connectivity index (χ0v) is 8.83. The Kier molecular flexibility index (Phi) is 10.7. The van der Waals surface area contributed by atoms with Crippen molar-refractivity contribution in [2.45, 2.75) is 44.9 Å².